The van der Waals surface area contributed by atoms with Crippen LogP contribution in [0.3, 0.4) is 0 Å². The molecule has 0 aromatic heterocycles. The number of hydrogen-bond donors (Lipinski definition) is 1. The van der Waals surface area contributed by atoms with E-state index in [-0.39, 0.29) is 30.1 Å². The van der Waals surface area contributed by atoms with Gasteiger partial charge in [0.1, 0.15) is 17.6 Å². The van der Waals surface area contributed by atoms with Crippen LogP contribution in [0.2, 0.25) is 0 Å². The molecule has 1 amide bonds. The van der Waals surface area contributed by atoms with Crippen LogP contribution in [-0.4, -0.2) is 61.3 Å². The molecule has 2 aromatic rings. The van der Waals surface area contributed by atoms with Crippen LogP contribution in [0.4, 0.5) is 0 Å². The van der Waals surface area contributed by atoms with Crippen LogP contribution < -0.4 is 14.2 Å². The van der Waals surface area contributed by atoms with E-state index in [1.54, 1.807) is 37.4 Å². The van der Waals surface area contributed by atoms with Gasteiger partial charge < -0.3 is 29.0 Å². The second kappa shape index (κ2) is 9.26. The highest BCUT2D eigenvalue weighted by atomic mass is 16.5. The number of hydrogen-bond acceptors (Lipinski definition) is 7. The number of ether oxygens (including phenoxy) is 4. The summed E-state index contributed by atoms with van der Waals surface area (Å²) in [6.07, 6.45) is 2.32. The molecule has 0 radical (unpaired) electrons. The number of likely N-dealkylation sites (tertiary alicyclic amines) is 1. The number of aliphatic hydroxyl groups excluding tert-OH is 1. The molecule has 0 bridgehead atoms. The molecule has 2 saturated heterocycles. The maximum atomic E-state index is 13.3. The quantitative estimate of drug-likeness (QED) is 0.384. The summed E-state index contributed by atoms with van der Waals surface area (Å²) in [5.41, 5.74) is 2.12. The SMILES string of the molecule is COc1ccc(C2/C(=C(/O)c3ccc4c(c3)CC(C)O4)C(=O)C(=O)N2CC2CCCO2)cc1OC. The van der Waals surface area contributed by atoms with Crippen molar-refractivity contribution in [3.8, 4) is 17.2 Å². The minimum atomic E-state index is -0.789. The van der Waals surface area contributed by atoms with Crippen molar-refractivity contribution in [3.05, 3.63) is 58.7 Å². The summed E-state index contributed by atoms with van der Waals surface area (Å²) in [4.78, 5) is 28.1. The first-order valence-electron chi connectivity index (χ1n) is 11.8. The molecular formula is C27H29NO7. The second-order valence-corrected chi connectivity index (χ2v) is 9.16. The highest BCUT2D eigenvalue weighted by molar-refractivity contribution is 6.46. The van der Waals surface area contributed by atoms with Crippen LogP contribution in [-0.2, 0) is 20.7 Å². The van der Waals surface area contributed by atoms with Gasteiger partial charge in [-0.1, -0.05) is 6.07 Å². The number of benzene rings is 2. The molecule has 2 aromatic carbocycles. The van der Waals surface area contributed by atoms with Crippen molar-refractivity contribution in [1.29, 1.82) is 0 Å². The summed E-state index contributed by atoms with van der Waals surface area (Å²) in [5.74, 6) is 0.187. The van der Waals surface area contributed by atoms with Gasteiger partial charge in [-0.15, -0.1) is 0 Å². The summed E-state index contributed by atoms with van der Waals surface area (Å²) in [7, 11) is 3.07. The van der Waals surface area contributed by atoms with E-state index in [9.17, 15) is 14.7 Å². The van der Waals surface area contributed by atoms with Crippen molar-refractivity contribution in [2.75, 3.05) is 27.4 Å². The Hall–Kier alpha value is -3.52. The van der Waals surface area contributed by atoms with E-state index in [1.807, 2.05) is 13.0 Å². The Balaban J connectivity index is 1.62. The van der Waals surface area contributed by atoms with Crippen molar-refractivity contribution in [2.24, 2.45) is 0 Å². The molecule has 3 aliphatic heterocycles. The zero-order chi connectivity index (χ0) is 24.7. The average molecular weight is 480 g/mol. The highest BCUT2D eigenvalue weighted by Crippen LogP contribution is 2.43. The Kier molecular flexibility index (Phi) is 6.15. The normalized spacial score (nSPS) is 25.0. The molecule has 1 N–H and O–H groups in total. The number of Topliss-reactive ketones (excluding diaryl/α,β-unsaturated/α-hetero) is 1. The van der Waals surface area contributed by atoms with Gasteiger partial charge in [-0.3, -0.25) is 9.59 Å². The summed E-state index contributed by atoms with van der Waals surface area (Å²) in [6, 6.07) is 9.80. The number of carbonyl (C=O) groups excluding carboxylic acids is 2. The van der Waals surface area contributed by atoms with E-state index in [0.29, 0.717) is 35.7 Å². The molecule has 2 fully saturated rings. The van der Waals surface area contributed by atoms with Gasteiger partial charge in [-0.2, -0.15) is 0 Å². The number of ketones is 1. The highest BCUT2D eigenvalue weighted by Gasteiger charge is 2.47. The van der Waals surface area contributed by atoms with Crippen molar-refractivity contribution in [1.82, 2.24) is 4.90 Å². The first-order valence-corrected chi connectivity index (χ1v) is 11.8. The molecule has 0 spiro atoms. The second-order valence-electron chi connectivity index (χ2n) is 9.16. The zero-order valence-electron chi connectivity index (χ0n) is 20.1. The van der Waals surface area contributed by atoms with Crippen molar-refractivity contribution >= 4 is 17.4 Å². The minimum Gasteiger partial charge on any atom is -0.507 e. The number of nitrogens with zero attached hydrogens (tertiary/aromatic N) is 1. The van der Waals surface area contributed by atoms with Gasteiger partial charge >= 0.3 is 0 Å². The maximum Gasteiger partial charge on any atom is 0.295 e. The maximum absolute atomic E-state index is 13.3. The molecule has 184 valence electrons. The van der Waals surface area contributed by atoms with Crippen LogP contribution in [0.15, 0.2) is 42.0 Å². The minimum absolute atomic E-state index is 0.0474. The molecule has 5 rings (SSSR count). The number of rotatable bonds is 6. The van der Waals surface area contributed by atoms with Gasteiger partial charge in [0.15, 0.2) is 11.5 Å². The van der Waals surface area contributed by atoms with E-state index in [1.165, 1.54) is 12.0 Å². The molecule has 3 unspecified atom stereocenters. The molecule has 3 aliphatic rings. The summed E-state index contributed by atoms with van der Waals surface area (Å²) >= 11 is 0. The fourth-order valence-corrected chi connectivity index (χ4v) is 5.17. The molecule has 0 saturated carbocycles. The molecule has 0 aliphatic carbocycles. The number of aliphatic hydroxyl groups is 1. The largest absolute Gasteiger partial charge is 0.507 e. The lowest BCUT2D eigenvalue weighted by molar-refractivity contribution is -0.140. The Bertz CT molecular complexity index is 1200. The van der Waals surface area contributed by atoms with Crippen LogP contribution >= 0.6 is 0 Å². The molecule has 8 heteroatoms. The van der Waals surface area contributed by atoms with Gasteiger partial charge in [0.05, 0.1) is 31.9 Å². The first-order chi connectivity index (χ1) is 16.9. The van der Waals surface area contributed by atoms with Crippen LogP contribution in [0.1, 0.15) is 42.5 Å². The monoisotopic (exact) mass is 479 g/mol. The van der Waals surface area contributed by atoms with Crippen molar-refractivity contribution in [3.63, 3.8) is 0 Å². The lowest BCUT2D eigenvalue weighted by atomic mass is 9.94. The molecule has 35 heavy (non-hydrogen) atoms. The summed E-state index contributed by atoms with van der Waals surface area (Å²) < 4.78 is 22.4. The third kappa shape index (κ3) is 4.12. The van der Waals surface area contributed by atoms with Crippen LogP contribution in [0, 0.1) is 0 Å². The Labute approximate surface area is 204 Å². The lowest BCUT2D eigenvalue weighted by Gasteiger charge is -2.28. The number of carbonyl (C=O) groups is 2. The fraction of sp³-hybridized carbons (Fsp3) is 0.407. The third-order valence-electron chi connectivity index (χ3n) is 6.86. The summed E-state index contributed by atoms with van der Waals surface area (Å²) in [6.45, 7) is 2.87. The standard InChI is InChI=1S/C27H29NO7/c1-15-11-18-12-17(7-8-20(18)35-15)25(29)23-24(16-6-9-21(32-2)22(13-16)33-3)28(27(31)26(23)30)14-19-5-4-10-34-19/h6-9,12-13,15,19,24,29H,4-5,10-11,14H2,1-3H3/b25-23-. The van der Waals surface area contributed by atoms with Gasteiger partial charge in [-0.25, -0.2) is 0 Å². The molecule has 8 nitrogen and oxygen atoms in total. The molecule has 3 heterocycles. The van der Waals surface area contributed by atoms with E-state index < -0.39 is 17.7 Å². The average Bonchev–Trinajstić information content (AvgIpc) is 3.57. The molecular weight excluding hydrogens is 450 g/mol. The van der Waals surface area contributed by atoms with Gasteiger partial charge in [0.25, 0.3) is 11.7 Å². The number of methoxy groups -OCH3 is 2. The lowest BCUT2D eigenvalue weighted by Crippen LogP contribution is -2.36. The van der Waals surface area contributed by atoms with Crippen LogP contribution in [0.25, 0.3) is 5.76 Å². The predicted octanol–water partition coefficient (Wildman–Crippen LogP) is 3.63. The Morgan fingerprint density at radius 3 is 2.63 bits per heavy atom. The number of amides is 1. The summed E-state index contributed by atoms with van der Waals surface area (Å²) in [5, 5.41) is 11.4. The van der Waals surface area contributed by atoms with E-state index in [0.717, 1.165) is 24.2 Å². The zero-order valence-corrected chi connectivity index (χ0v) is 20.1. The van der Waals surface area contributed by atoms with Gasteiger partial charge in [0, 0.05) is 25.1 Å². The van der Waals surface area contributed by atoms with E-state index >= 15 is 0 Å². The topological polar surface area (TPSA) is 94.5 Å². The Morgan fingerprint density at radius 2 is 1.91 bits per heavy atom. The smallest absolute Gasteiger partial charge is 0.295 e. The third-order valence-corrected chi connectivity index (χ3v) is 6.86. The van der Waals surface area contributed by atoms with Gasteiger partial charge in [-0.05, 0) is 61.2 Å². The van der Waals surface area contributed by atoms with E-state index in [4.69, 9.17) is 18.9 Å². The Morgan fingerprint density at radius 1 is 1.11 bits per heavy atom. The van der Waals surface area contributed by atoms with Crippen LogP contribution in [0.5, 0.6) is 17.2 Å². The predicted molar refractivity (Wildman–Crippen MR) is 128 cm³/mol. The first kappa shape index (κ1) is 23.2. The van der Waals surface area contributed by atoms with Crippen molar-refractivity contribution < 1.29 is 33.6 Å². The number of fused-ring (bicyclic) bond motifs is 1. The van der Waals surface area contributed by atoms with Crippen molar-refractivity contribution in [2.45, 2.75) is 44.4 Å². The fourth-order valence-electron chi connectivity index (χ4n) is 5.17. The van der Waals surface area contributed by atoms with E-state index in [2.05, 4.69) is 0 Å². The van der Waals surface area contributed by atoms with Gasteiger partial charge in [0.2, 0.25) is 0 Å². The molecule has 3 atom stereocenters.